The predicted molar refractivity (Wildman–Crippen MR) is 106 cm³/mol. The van der Waals surface area contributed by atoms with Crippen LogP contribution in [0.3, 0.4) is 0 Å². The molecule has 3 rings (SSSR count). The van der Waals surface area contributed by atoms with Gasteiger partial charge in [-0.05, 0) is 48.2 Å². The highest BCUT2D eigenvalue weighted by atomic mass is 16.5. The summed E-state index contributed by atoms with van der Waals surface area (Å²) in [5.41, 5.74) is 2.20. The monoisotopic (exact) mass is 364 g/mol. The molecule has 4 nitrogen and oxygen atoms in total. The number of rotatable bonds is 7. The molecule has 2 aromatic rings. The van der Waals surface area contributed by atoms with Crippen molar-refractivity contribution in [2.24, 2.45) is 0 Å². The van der Waals surface area contributed by atoms with Gasteiger partial charge in [-0.25, -0.2) is 0 Å². The molecule has 0 spiro atoms. The number of hydrogen-bond donors (Lipinski definition) is 2. The highest BCUT2D eigenvalue weighted by molar-refractivity contribution is 5.33. The quantitative estimate of drug-likeness (QED) is 0.719. The fraction of sp³-hybridized carbons (Fsp3) is 0.435. The van der Waals surface area contributed by atoms with Gasteiger partial charge in [-0.15, -0.1) is 0 Å². The number of benzene rings is 2. The van der Waals surface area contributed by atoms with Crippen LogP contribution in [0, 0.1) is 11.3 Å². The van der Waals surface area contributed by atoms with E-state index >= 15 is 0 Å². The number of ether oxygens (including phenoxy) is 1. The lowest BCUT2D eigenvalue weighted by atomic mass is 9.94. The molecule has 1 fully saturated rings. The van der Waals surface area contributed by atoms with Crippen molar-refractivity contribution in [1.82, 2.24) is 5.32 Å². The van der Waals surface area contributed by atoms with E-state index in [4.69, 9.17) is 10.00 Å². The van der Waals surface area contributed by atoms with Gasteiger partial charge in [0.25, 0.3) is 0 Å². The highest BCUT2D eigenvalue weighted by Gasteiger charge is 2.27. The first kappa shape index (κ1) is 19.4. The van der Waals surface area contributed by atoms with Crippen LogP contribution in [0.5, 0.6) is 5.75 Å². The van der Waals surface area contributed by atoms with Crippen molar-refractivity contribution in [3.05, 3.63) is 65.2 Å². The van der Waals surface area contributed by atoms with Crippen LogP contribution in [0.2, 0.25) is 0 Å². The van der Waals surface area contributed by atoms with Gasteiger partial charge in [0.15, 0.2) is 0 Å². The molecule has 0 atom stereocenters. The van der Waals surface area contributed by atoms with Gasteiger partial charge >= 0.3 is 0 Å². The van der Waals surface area contributed by atoms with Crippen molar-refractivity contribution in [3.8, 4) is 11.8 Å². The predicted octanol–water partition coefficient (Wildman–Crippen LogP) is 4.31. The van der Waals surface area contributed by atoms with Crippen molar-refractivity contribution in [2.75, 3.05) is 6.54 Å². The smallest absolute Gasteiger partial charge is 0.120 e. The molecule has 142 valence electrons. The second kappa shape index (κ2) is 9.55. The first-order valence-electron chi connectivity index (χ1n) is 9.81. The SMILES string of the molecule is N#Cc1cccc(COc2cccc(CNCC3(O)CCCCCC3)c2)c1. The molecule has 2 aromatic carbocycles. The largest absolute Gasteiger partial charge is 0.489 e. The number of nitrogens with one attached hydrogen (secondary N) is 1. The Hall–Kier alpha value is -2.35. The standard InChI is InChI=1S/C23H28N2O2/c24-15-19-7-5-9-21(13-19)17-27-22-10-6-8-20(14-22)16-25-18-23(26)11-3-1-2-4-12-23/h5-10,13-14,25-26H,1-4,11-12,16-18H2. The topological polar surface area (TPSA) is 65.3 Å². The molecular weight excluding hydrogens is 336 g/mol. The van der Waals surface area contributed by atoms with Crippen molar-refractivity contribution in [3.63, 3.8) is 0 Å². The molecule has 1 aliphatic rings. The molecule has 0 amide bonds. The van der Waals surface area contributed by atoms with E-state index in [0.717, 1.165) is 42.6 Å². The Morgan fingerprint density at radius 2 is 1.74 bits per heavy atom. The Morgan fingerprint density at radius 1 is 1.00 bits per heavy atom. The summed E-state index contributed by atoms with van der Waals surface area (Å²) < 4.78 is 5.88. The maximum Gasteiger partial charge on any atom is 0.120 e. The minimum Gasteiger partial charge on any atom is -0.489 e. The number of hydrogen-bond acceptors (Lipinski definition) is 4. The molecule has 1 aliphatic carbocycles. The van der Waals surface area contributed by atoms with Crippen LogP contribution >= 0.6 is 0 Å². The second-order valence-corrected chi connectivity index (χ2v) is 7.49. The van der Waals surface area contributed by atoms with E-state index in [1.165, 1.54) is 12.8 Å². The average molecular weight is 364 g/mol. The summed E-state index contributed by atoms with van der Waals surface area (Å²) in [6.45, 7) is 1.79. The summed E-state index contributed by atoms with van der Waals surface area (Å²) >= 11 is 0. The van der Waals surface area contributed by atoms with Gasteiger partial charge < -0.3 is 15.2 Å². The first-order chi connectivity index (χ1) is 13.2. The summed E-state index contributed by atoms with van der Waals surface area (Å²) in [4.78, 5) is 0. The number of nitrogens with zero attached hydrogens (tertiary/aromatic N) is 1. The molecule has 1 saturated carbocycles. The van der Waals surface area contributed by atoms with E-state index in [0.29, 0.717) is 25.3 Å². The third-order valence-corrected chi connectivity index (χ3v) is 5.18. The molecule has 0 heterocycles. The molecule has 0 unspecified atom stereocenters. The Balaban J connectivity index is 1.50. The van der Waals surface area contributed by atoms with Crippen LogP contribution in [0.25, 0.3) is 0 Å². The molecule has 4 heteroatoms. The van der Waals surface area contributed by atoms with Gasteiger partial charge in [-0.2, -0.15) is 5.26 Å². The number of aliphatic hydroxyl groups is 1. The van der Waals surface area contributed by atoms with E-state index in [1.807, 2.05) is 36.4 Å². The summed E-state index contributed by atoms with van der Waals surface area (Å²) in [6.07, 6.45) is 6.50. The van der Waals surface area contributed by atoms with Gasteiger partial charge in [0.05, 0.1) is 17.2 Å². The molecular formula is C23H28N2O2. The van der Waals surface area contributed by atoms with E-state index in [-0.39, 0.29) is 0 Å². The summed E-state index contributed by atoms with van der Waals surface area (Å²) in [6, 6.07) is 17.6. The zero-order valence-electron chi connectivity index (χ0n) is 15.8. The van der Waals surface area contributed by atoms with Gasteiger partial charge in [0.1, 0.15) is 12.4 Å². The second-order valence-electron chi connectivity index (χ2n) is 7.49. The van der Waals surface area contributed by atoms with Gasteiger partial charge in [-0.3, -0.25) is 0 Å². The van der Waals surface area contributed by atoms with Gasteiger partial charge in [0.2, 0.25) is 0 Å². The van der Waals surface area contributed by atoms with Gasteiger partial charge in [0, 0.05) is 13.1 Å². The first-order valence-corrected chi connectivity index (χ1v) is 9.81. The van der Waals surface area contributed by atoms with Crippen LogP contribution in [-0.4, -0.2) is 17.3 Å². The summed E-state index contributed by atoms with van der Waals surface area (Å²) in [5, 5.41) is 23.1. The van der Waals surface area contributed by atoms with Crippen LogP contribution in [-0.2, 0) is 13.2 Å². The molecule has 0 radical (unpaired) electrons. The van der Waals surface area contributed by atoms with Crippen molar-refractivity contribution >= 4 is 0 Å². The van der Waals surface area contributed by atoms with Crippen LogP contribution in [0.15, 0.2) is 48.5 Å². The van der Waals surface area contributed by atoms with Crippen molar-refractivity contribution in [2.45, 2.75) is 57.3 Å². The lowest BCUT2D eigenvalue weighted by Gasteiger charge is -2.27. The fourth-order valence-corrected chi connectivity index (χ4v) is 3.65. The molecule has 0 bridgehead atoms. The lowest BCUT2D eigenvalue weighted by Crippen LogP contribution is -2.39. The van der Waals surface area contributed by atoms with Gasteiger partial charge in [-0.1, -0.05) is 49.9 Å². The Bertz CT molecular complexity index is 774. The van der Waals surface area contributed by atoms with E-state index in [9.17, 15) is 5.11 Å². The Morgan fingerprint density at radius 3 is 2.52 bits per heavy atom. The third kappa shape index (κ3) is 6.09. The van der Waals surface area contributed by atoms with Crippen LogP contribution < -0.4 is 10.1 Å². The normalized spacial score (nSPS) is 16.3. The Labute approximate surface area is 161 Å². The summed E-state index contributed by atoms with van der Waals surface area (Å²) in [5.74, 6) is 0.810. The third-order valence-electron chi connectivity index (χ3n) is 5.18. The van der Waals surface area contributed by atoms with E-state index in [1.54, 1.807) is 6.07 Å². The molecule has 0 aliphatic heterocycles. The Kier molecular flexibility index (Phi) is 6.86. The fourth-order valence-electron chi connectivity index (χ4n) is 3.65. The van der Waals surface area contributed by atoms with Crippen molar-refractivity contribution in [1.29, 1.82) is 5.26 Å². The minimum atomic E-state index is -0.559. The van der Waals surface area contributed by atoms with Crippen molar-refractivity contribution < 1.29 is 9.84 Å². The maximum atomic E-state index is 10.7. The van der Waals surface area contributed by atoms with Crippen LogP contribution in [0.1, 0.15) is 55.2 Å². The molecule has 0 saturated heterocycles. The molecule has 27 heavy (non-hydrogen) atoms. The summed E-state index contributed by atoms with van der Waals surface area (Å²) in [7, 11) is 0. The number of nitriles is 1. The zero-order valence-corrected chi connectivity index (χ0v) is 15.8. The maximum absolute atomic E-state index is 10.7. The minimum absolute atomic E-state index is 0.437. The van der Waals surface area contributed by atoms with E-state index in [2.05, 4.69) is 17.5 Å². The lowest BCUT2D eigenvalue weighted by molar-refractivity contribution is 0.0250. The highest BCUT2D eigenvalue weighted by Crippen LogP contribution is 2.26. The average Bonchev–Trinajstić information content (AvgIpc) is 2.91. The zero-order chi connectivity index (χ0) is 19.0. The van der Waals surface area contributed by atoms with Crippen LogP contribution in [0.4, 0.5) is 0 Å². The molecule has 0 aromatic heterocycles. The molecule has 2 N–H and O–H groups in total. The van der Waals surface area contributed by atoms with E-state index < -0.39 is 5.60 Å².